The van der Waals surface area contributed by atoms with Crippen LogP contribution < -0.4 is 5.32 Å². The third-order valence-electron chi connectivity index (χ3n) is 2.66. The molecule has 0 unspecified atom stereocenters. The Kier molecular flexibility index (Phi) is 4.09. The molecule has 0 radical (unpaired) electrons. The van der Waals surface area contributed by atoms with Gasteiger partial charge < -0.3 is 15.5 Å². The molecule has 0 atom stereocenters. The van der Waals surface area contributed by atoms with E-state index in [0.717, 1.165) is 12.1 Å². The van der Waals surface area contributed by atoms with Crippen molar-refractivity contribution in [2.24, 2.45) is 0 Å². The van der Waals surface area contributed by atoms with Gasteiger partial charge in [0.25, 0.3) is 5.91 Å². The molecule has 0 fully saturated rings. The number of carboxylic acid groups (broad SMARTS) is 1. The lowest BCUT2D eigenvalue weighted by Gasteiger charge is -2.08. The lowest BCUT2D eigenvalue weighted by atomic mass is 10.1. The zero-order chi connectivity index (χ0) is 15.6. The number of hydrogen-bond acceptors (Lipinski definition) is 3. The third kappa shape index (κ3) is 3.29. The molecular formula is C14H9ClFNO4. The second kappa shape index (κ2) is 5.80. The standard InChI is InChI=1S/C14H9ClFNO4/c15-10-5-7(14(20)21)1-4-12(10)17-13(19)9-3-2-8(18)6-11(9)16/h1-6,18H,(H,17,19)(H,20,21). The monoisotopic (exact) mass is 309 g/mol. The fourth-order valence-corrected chi connectivity index (χ4v) is 1.86. The minimum Gasteiger partial charge on any atom is -0.508 e. The molecule has 0 aromatic heterocycles. The summed E-state index contributed by atoms with van der Waals surface area (Å²) in [5.74, 6) is -3.10. The Bertz CT molecular complexity index is 733. The predicted octanol–water partition coefficient (Wildman–Crippen LogP) is 3.14. The van der Waals surface area contributed by atoms with Crippen LogP contribution >= 0.6 is 11.6 Å². The number of anilines is 1. The van der Waals surface area contributed by atoms with E-state index in [0.29, 0.717) is 0 Å². The number of nitrogens with one attached hydrogen (secondary N) is 1. The van der Waals surface area contributed by atoms with Gasteiger partial charge in [0.1, 0.15) is 11.6 Å². The molecule has 0 aliphatic heterocycles. The van der Waals surface area contributed by atoms with Gasteiger partial charge in [-0.15, -0.1) is 0 Å². The first-order chi connectivity index (χ1) is 9.88. The number of halogens is 2. The number of hydrogen-bond donors (Lipinski definition) is 3. The fraction of sp³-hybridized carbons (Fsp3) is 0. The molecule has 0 saturated heterocycles. The summed E-state index contributed by atoms with van der Waals surface area (Å²) in [6, 6.07) is 6.85. The summed E-state index contributed by atoms with van der Waals surface area (Å²) in [6.45, 7) is 0. The van der Waals surface area contributed by atoms with Crippen LogP contribution in [0.3, 0.4) is 0 Å². The highest BCUT2D eigenvalue weighted by Crippen LogP contribution is 2.24. The number of carbonyl (C=O) groups excluding carboxylic acids is 1. The van der Waals surface area contributed by atoms with Crippen LogP contribution in [0.25, 0.3) is 0 Å². The van der Waals surface area contributed by atoms with Crippen molar-refractivity contribution in [1.82, 2.24) is 0 Å². The molecule has 7 heteroatoms. The summed E-state index contributed by atoms with van der Waals surface area (Å²) in [7, 11) is 0. The van der Waals surface area contributed by atoms with Crippen molar-refractivity contribution in [3.8, 4) is 5.75 Å². The second-order valence-corrected chi connectivity index (χ2v) is 4.53. The molecular weight excluding hydrogens is 301 g/mol. The molecule has 108 valence electrons. The molecule has 0 spiro atoms. The van der Waals surface area contributed by atoms with E-state index in [9.17, 15) is 14.0 Å². The van der Waals surface area contributed by atoms with Crippen LogP contribution in [0.1, 0.15) is 20.7 Å². The molecule has 0 aliphatic carbocycles. The molecule has 2 rings (SSSR count). The van der Waals surface area contributed by atoms with Crippen LogP contribution in [-0.2, 0) is 0 Å². The van der Waals surface area contributed by atoms with Gasteiger partial charge in [0, 0.05) is 6.07 Å². The van der Waals surface area contributed by atoms with Crippen LogP contribution in [0.5, 0.6) is 5.75 Å². The van der Waals surface area contributed by atoms with Crippen molar-refractivity contribution < 1.29 is 24.2 Å². The Morgan fingerprint density at radius 3 is 2.43 bits per heavy atom. The van der Waals surface area contributed by atoms with Gasteiger partial charge in [0.15, 0.2) is 0 Å². The van der Waals surface area contributed by atoms with Crippen molar-refractivity contribution in [3.05, 3.63) is 58.4 Å². The van der Waals surface area contributed by atoms with Crippen molar-refractivity contribution >= 4 is 29.2 Å². The quantitative estimate of drug-likeness (QED) is 0.813. The first kappa shape index (κ1) is 14.8. The Morgan fingerprint density at radius 1 is 1.14 bits per heavy atom. The normalized spacial score (nSPS) is 10.2. The molecule has 0 bridgehead atoms. The zero-order valence-corrected chi connectivity index (χ0v) is 11.2. The van der Waals surface area contributed by atoms with E-state index in [-0.39, 0.29) is 27.6 Å². The summed E-state index contributed by atoms with van der Waals surface area (Å²) < 4.78 is 13.5. The van der Waals surface area contributed by atoms with Crippen LogP contribution in [0.15, 0.2) is 36.4 Å². The van der Waals surface area contributed by atoms with Crippen LogP contribution in [0, 0.1) is 5.82 Å². The number of amides is 1. The van der Waals surface area contributed by atoms with E-state index in [4.69, 9.17) is 21.8 Å². The summed E-state index contributed by atoms with van der Waals surface area (Å²) >= 11 is 5.86. The topological polar surface area (TPSA) is 86.6 Å². The molecule has 3 N–H and O–H groups in total. The average molecular weight is 310 g/mol. The van der Waals surface area contributed by atoms with Gasteiger partial charge in [0.2, 0.25) is 0 Å². The van der Waals surface area contributed by atoms with E-state index in [2.05, 4.69) is 5.32 Å². The van der Waals surface area contributed by atoms with Crippen molar-refractivity contribution in [1.29, 1.82) is 0 Å². The van der Waals surface area contributed by atoms with Crippen molar-refractivity contribution in [3.63, 3.8) is 0 Å². The van der Waals surface area contributed by atoms with E-state index in [1.807, 2.05) is 0 Å². The lowest BCUT2D eigenvalue weighted by Crippen LogP contribution is -2.14. The van der Waals surface area contributed by atoms with Crippen LogP contribution in [-0.4, -0.2) is 22.1 Å². The number of aromatic hydroxyl groups is 1. The minimum atomic E-state index is -1.15. The maximum atomic E-state index is 13.5. The average Bonchev–Trinajstić information content (AvgIpc) is 2.40. The number of carbonyl (C=O) groups is 2. The molecule has 0 heterocycles. The van der Waals surface area contributed by atoms with Gasteiger partial charge >= 0.3 is 5.97 Å². The number of benzene rings is 2. The molecule has 21 heavy (non-hydrogen) atoms. The number of phenolic OH excluding ortho intramolecular Hbond substituents is 1. The van der Waals surface area contributed by atoms with Gasteiger partial charge in [-0.05, 0) is 30.3 Å². The van der Waals surface area contributed by atoms with Gasteiger partial charge in [-0.25, -0.2) is 9.18 Å². The van der Waals surface area contributed by atoms with Crippen molar-refractivity contribution in [2.75, 3.05) is 5.32 Å². The maximum absolute atomic E-state index is 13.5. The second-order valence-electron chi connectivity index (χ2n) is 4.12. The van der Waals surface area contributed by atoms with Crippen molar-refractivity contribution in [2.45, 2.75) is 0 Å². The Balaban J connectivity index is 2.25. The first-order valence-corrected chi connectivity index (χ1v) is 6.09. The number of rotatable bonds is 3. The Labute approximate surface area is 123 Å². The van der Waals surface area contributed by atoms with E-state index >= 15 is 0 Å². The lowest BCUT2D eigenvalue weighted by molar-refractivity contribution is 0.0696. The van der Waals surface area contributed by atoms with Gasteiger partial charge in [-0.1, -0.05) is 11.6 Å². The summed E-state index contributed by atoms with van der Waals surface area (Å²) in [4.78, 5) is 22.7. The number of aromatic carboxylic acids is 1. The fourth-order valence-electron chi connectivity index (χ4n) is 1.63. The highest BCUT2D eigenvalue weighted by atomic mass is 35.5. The van der Waals surface area contributed by atoms with E-state index in [1.54, 1.807) is 0 Å². The smallest absolute Gasteiger partial charge is 0.335 e. The number of carboxylic acids is 1. The molecule has 0 saturated carbocycles. The summed E-state index contributed by atoms with van der Waals surface area (Å²) in [6.07, 6.45) is 0. The summed E-state index contributed by atoms with van der Waals surface area (Å²) in [5, 5.41) is 20.3. The molecule has 2 aromatic carbocycles. The molecule has 1 amide bonds. The zero-order valence-electron chi connectivity index (χ0n) is 10.4. The predicted molar refractivity (Wildman–Crippen MR) is 74.4 cm³/mol. The van der Waals surface area contributed by atoms with Crippen LogP contribution in [0.2, 0.25) is 5.02 Å². The summed E-state index contributed by atoms with van der Waals surface area (Å²) in [5.41, 5.74) is -0.154. The SMILES string of the molecule is O=C(O)c1ccc(NC(=O)c2ccc(O)cc2F)c(Cl)c1. The molecule has 5 nitrogen and oxygen atoms in total. The largest absolute Gasteiger partial charge is 0.508 e. The van der Waals surface area contributed by atoms with E-state index < -0.39 is 17.7 Å². The Hall–Kier alpha value is -2.60. The van der Waals surface area contributed by atoms with Crippen LogP contribution in [0.4, 0.5) is 10.1 Å². The van der Waals surface area contributed by atoms with Gasteiger partial charge in [-0.2, -0.15) is 0 Å². The third-order valence-corrected chi connectivity index (χ3v) is 2.97. The molecule has 0 aliphatic rings. The van der Waals surface area contributed by atoms with E-state index in [1.165, 1.54) is 24.3 Å². The highest BCUT2D eigenvalue weighted by molar-refractivity contribution is 6.34. The van der Waals surface area contributed by atoms with Gasteiger partial charge in [0.05, 0.1) is 21.8 Å². The first-order valence-electron chi connectivity index (χ1n) is 5.71. The Morgan fingerprint density at radius 2 is 1.86 bits per heavy atom. The molecule has 2 aromatic rings. The number of phenols is 1. The minimum absolute atomic E-state index is 0.0161. The highest BCUT2D eigenvalue weighted by Gasteiger charge is 2.14. The van der Waals surface area contributed by atoms with Gasteiger partial charge in [-0.3, -0.25) is 4.79 Å². The maximum Gasteiger partial charge on any atom is 0.335 e.